The Balaban J connectivity index is 2.62. The third-order valence-electron chi connectivity index (χ3n) is 2.28. The van der Waals surface area contributed by atoms with Crippen LogP contribution < -0.4 is 0 Å². The number of hydrogen-bond acceptors (Lipinski definition) is 1. The summed E-state index contributed by atoms with van der Waals surface area (Å²) in [6.07, 6.45) is 1.90. The first kappa shape index (κ1) is 8.30. The van der Waals surface area contributed by atoms with Gasteiger partial charge < -0.3 is 4.98 Å². The highest BCUT2D eigenvalue weighted by Crippen LogP contribution is 2.20. The van der Waals surface area contributed by atoms with E-state index in [-0.39, 0.29) is 0 Å². The molecule has 0 radical (unpaired) electrons. The molecule has 0 aromatic carbocycles. The molecule has 0 saturated carbocycles. The van der Waals surface area contributed by atoms with Gasteiger partial charge in [-0.2, -0.15) is 0 Å². The largest absolute Gasteiger partial charge is 0.357 e. The van der Waals surface area contributed by atoms with Crippen molar-refractivity contribution in [1.29, 1.82) is 0 Å². The highest BCUT2D eigenvalue weighted by atomic mass is 14.8. The van der Waals surface area contributed by atoms with Crippen LogP contribution in [0.25, 0.3) is 10.9 Å². The summed E-state index contributed by atoms with van der Waals surface area (Å²) in [4.78, 5) is 7.61. The van der Waals surface area contributed by atoms with Crippen LogP contribution >= 0.6 is 0 Å². The minimum absolute atomic E-state index is 0.549. The average molecular weight is 174 g/mol. The molecule has 2 rings (SSSR count). The number of pyridine rings is 1. The molecule has 0 atom stereocenters. The molecule has 0 bridgehead atoms. The summed E-state index contributed by atoms with van der Waals surface area (Å²) >= 11 is 0. The maximum atomic E-state index is 4.25. The number of nitrogens with zero attached hydrogens (tertiary/aromatic N) is 1. The second kappa shape index (κ2) is 2.87. The van der Waals surface area contributed by atoms with Gasteiger partial charge in [-0.1, -0.05) is 13.8 Å². The molecule has 2 aromatic heterocycles. The topological polar surface area (TPSA) is 28.7 Å². The van der Waals surface area contributed by atoms with Gasteiger partial charge in [-0.25, -0.2) is 0 Å². The zero-order valence-electron chi connectivity index (χ0n) is 8.26. The third kappa shape index (κ3) is 1.44. The molecular formula is C11H14N2. The SMILES string of the molecule is Cc1cc2cc(C(C)C)[nH]c2cn1. The van der Waals surface area contributed by atoms with Crippen LogP contribution in [-0.2, 0) is 0 Å². The van der Waals surface area contributed by atoms with E-state index < -0.39 is 0 Å². The van der Waals surface area contributed by atoms with Crippen LogP contribution in [0.3, 0.4) is 0 Å². The normalized spacial score (nSPS) is 11.4. The Morgan fingerprint density at radius 1 is 1.31 bits per heavy atom. The van der Waals surface area contributed by atoms with E-state index in [0.29, 0.717) is 5.92 Å². The van der Waals surface area contributed by atoms with Crippen LogP contribution in [-0.4, -0.2) is 9.97 Å². The van der Waals surface area contributed by atoms with Gasteiger partial charge in [-0.05, 0) is 25.0 Å². The highest BCUT2D eigenvalue weighted by Gasteiger charge is 2.03. The van der Waals surface area contributed by atoms with Crippen LogP contribution in [0.2, 0.25) is 0 Å². The predicted octanol–water partition coefficient (Wildman–Crippen LogP) is 2.99. The Hall–Kier alpha value is -1.31. The van der Waals surface area contributed by atoms with E-state index in [0.717, 1.165) is 11.2 Å². The van der Waals surface area contributed by atoms with Crippen molar-refractivity contribution in [1.82, 2.24) is 9.97 Å². The van der Waals surface area contributed by atoms with Gasteiger partial charge in [0.2, 0.25) is 0 Å². The highest BCUT2D eigenvalue weighted by molar-refractivity contribution is 5.79. The Labute approximate surface area is 78.0 Å². The lowest BCUT2D eigenvalue weighted by Gasteiger charge is -1.97. The van der Waals surface area contributed by atoms with E-state index in [1.807, 2.05) is 13.1 Å². The lowest BCUT2D eigenvalue weighted by atomic mass is 10.1. The molecule has 0 aliphatic carbocycles. The molecule has 0 amide bonds. The first-order valence-electron chi connectivity index (χ1n) is 4.62. The fourth-order valence-corrected chi connectivity index (χ4v) is 1.47. The molecule has 68 valence electrons. The Bertz CT molecular complexity index is 427. The number of H-pyrrole nitrogens is 1. The molecule has 13 heavy (non-hydrogen) atoms. The second-order valence-corrected chi connectivity index (χ2v) is 3.79. The summed E-state index contributed by atoms with van der Waals surface area (Å²) in [6.45, 7) is 6.39. The molecular weight excluding hydrogens is 160 g/mol. The summed E-state index contributed by atoms with van der Waals surface area (Å²) in [5.41, 5.74) is 3.48. The first-order chi connectivity index (χ1) is 6.16. The zero-order valence-corrected chi connectivity index (χ0v) is 8.26. The van der Waals surface area contributed by atoms with Crippen LogP contribution in [0.5, 0.6) is 0 Å². The minimum Gasteiger partial charge on any atom is -0.357 e. The summed E-state index contributed by atoms with van der Waals surface area (Å²) in [5, 5.41) is 1.26. The molecule has 2 aromatic rings. The predicted molar refractivity (Wildman–Crippen MR) is 54.9 cm³/mol. The molecule has 0 unspecified atom stereocenters. The molecule has 1 N–H and O–H groups in total. The van der Waals surface area contributed by atoms with Crippen molar-refractivity contribution in [3.05, 3.63) is 29.7 Å². The zero-order chi connectivity index (χ0) is 9.42. The molecule has 2 nitrogen and oxygen atoms in total. The second-order valence-electron chi connectivity index (χ2n) is 3.79. The standard InChI is InChI=1S/C11H14N2/c1-7(2)10-5-9-4-8(3)12-6-11(9)13-10/h4-7,13H,1-3H3. The summed E-state index contributed by atoms with van der Waals surface area (Å²) in [7, 11) is 0. The quantitative estimate of drug-likeness (QED) is 0.707. The van der Waals surface area contributed by atoms with E-state index in [1.54, 1.807) is 0 Å². The number of aryl methyl sites for hydroxylation is 1. The first-order valence-corrected chi connectivity index (χ1v) is 4.62. The molecule has 0 aliphatic rings. The lowest BCUT2D eigenvalue weighted by molar-refractivity contribution is 0.836. The number of aromatic nitrogens is 2. The van der Waals surface area contributed by atoms with Crippen molar-refractivity contribution in [3.63, 3.8) is 0 Å². The van der Waals surface area contributed by atoms with Crippen LogP contribution in [0.1, 0.15) is 31.2 Å². The maximum absolute atomic E-state index is 4.25. The van der Waals surface area contributed by atoms with Gasteiger partial charge in [-0.15, -0.1) is 0 Å². The van der Waals surface area contributed by atoms with Crippen molar-refractivity contribution < 1.29 is 0 Å². The Morgan fingerprint density at radius 3 is 2.77 bits per heavy atom. The molecule has 0 fully saturated rings. The number of rotatable bonds is 1. The monoisotopic (exact) mass is 174 g/mol. The fourth-order valence-electron chi connectivity index (χ4n) is 1.47. The van der Waals surface area contributed by atoms with E-state index >= 15 is 0 Å². The fraction of sp³-hybridized carbons (Fsp3) is 0.364. The third-order valence-corrected chi connectivity index (χ3v) is 2.28. The van der Waals surface area contributed by atoms with Gasteiger partial charge in [0.25, 0.3) is 0 Å². The Morgan fingerprint density at radius 2 is 2.08 bits per heavy atom. The molecule has 2 heteroatoms. The molecule has 0 spiro atoms. The van der Waals surface area contributed by atoms with Gasteiger partial charge in [0.05, 0.1) is 11.7 Å². The van der Waals surface area contributed by atoms with Gasteiger partial charge in [0, 0.05) is 16.8 Å². The maximum Gasteiger partial charge on any atom is 0.0642 e. The number of fused-ring (bicyclic) bond motifs is 1. The van der Waals surface area contributed by atoms with Crippen molar-refractivity contribution in [2.45, 2.75) is 26.7 Å². The van der Waals surface area contributed by atoms with Crippen molar-refractivity contribution >= 4 is 10.9 Å². The van der Waals surface area contributed by atoms with Gasteiger partial charge >= 0.3 is 0 Å². The summed E-state index contributed by atoms with van der Waals surface area (Å²) in [5.74, 6) is 0.549. The van der Waals surface area contributed by atoms with Crippen molar-refractivity contribution in [3.8, 4) is 0 Å². The van der Waals surface area contributed by atoms with E-state index in [4.69, 9.17) is 0 Å². The number of nitrogens with one attached hydrogen (secondary N) is 1. The number of hydrogen-bond donors (Lipinski definition) is 1. The minimum atomic E-state index is 0.549. The van der Waals surface area contributed by atoms with E-state index in [2.05, 4.69) is 35.9 Å². The number of aromatic amines is 1. The van der Waals surface area contributed by atoms with Gasteiger partial charge in [-0.3, -0.25) is 4.98 Å². The molecule has 2 heterocycles. The van der Waals surface area contributed by atoms with Crippen LogP contribution in [0, 0.1) is 6.92 Å². The molecule has 0 aliphatic heterocycles. The van der Waals surface area contributed by atoms with Gasteiger partial charge in [0.15, 0.2) is 0 Å². The van der Waals surface area contributed by atoms with Crippen LogP contribution in [0.15, 0.2) is 18.3 Å². The van der Waals surface area contributed by atoms with Crippen LogP contribution in [0.4, 0.5) is 0 Å². The Kier molecular flexibility index (Phi) is 1.83. The van der Waals surface area contributed by atoms with Gasteiger partial charge in [0.1, 0.15) is 0 Å². The van der Waals surface area contributed by atoms with Crippen molar-refractivity contribution in [2.75, 3.05) is 0 Å². The average Bonchev–Trinajstić information content (AvgIpc) is 2.46. The van der Waals surface area contributed by atoms with E-state index in [9.17, 15) is 0 Å². The summed E-state index contributed by atoms with van der Waals surface area (Å²) in [6, 6.07) is 4.31. The lowest BCUT2D eigenvalue weighted by Crippen LogP contribution is -1.84. The molecule has 0 saturated heterocycles. The summed E-state index contributed by atoms with van der Waals surface area (Å²) < 4.78 is 0. The van der Waals surface area contributed by atoms with E-state index in [1.165, 1.54) is 11.1 Å². The van der Waals surface area contributed by atoms with Crippen molar-refractivity contribution in [2.24, 2.45) is 0 Å². The smallest absolute Gasteiger partial charge is 0.0642 e.